The van der Waals surface area contributed by atoms with Crippen LogP contribution in [0.4, 0.5) is 0 Å². The Labute approximate surface area is 214 Å². The van der Waals surface area contributed by atoms with E-state index in [-0.39, 0.29) is 10.2 Å². The van der Waals surface area contributed by atoms with E-state index < -0.39 is 15.6 Å². The van der Waals surface area contributed by atoms with Gasteiger partial charge in [-0.3, -0.25) is 0 Å². The van der Waals surface area contributed by atoms with Crippen LogP contribution >= 0.6 is 17.9 Å². The first-order valence-corrected chi connectivity index (χ1v) is 22.4. The van der Waals surface area contributed by atoms with Gasteiger partial charge in [0, 0.05) is 0 Å². The van der Waals surface area contributed by atoms with Gasteiger partial charge in [-0.1, -0.05) is 0 Å². The van der Waals surface area contributed by atoms with Crippen molar-refractivity contribution in [3.63, 3.8) is 0 Å². The molecule has 7 heteroatoms. The third-order valence-electron chi connectivity index (χ3n) is 5.43. The van der Waals surface area contributed by atoms with E-state index in [4.69, 9.17) is 9.47 Å². The first kappa shape index (κ1) is 25.4. The summed E-state index contributed by atoms with van der Waals surface area (Å²) in [5.74, 6) is 1.38. The van der Waals surface area contributed by atoms with Crippen molar-refractivity contribution in [3.8, 4) is 11.5 Å². The minimum atomic E-state index is -4.04. The topological polar surface area (TPSA) is 52.6 Å². The van der Waals surface area contributed by atoms with Gasteiger partial charge in [0.05, 0.1) is 0 Å². The van der Waals surface area contributed by atoms with Gasteiger partial charge in [0.2, 0.25) is 0 Å². The molecule has 0 saturated carbocycles. The van der Waals surface area contributed by atoms with Crippen molar-refractivity contribution in [1.82, 2.24) is 0 Å². The summed E-state index contributed by atoms with van der Waals surface area (Å²) in [6.07, 6.45) is 0. The second-order valence-corrected chi connectivity index (χ2v) is 29.0. The van der Waals surface area contributed by atoms with Gasteiger partial charge in [-0.25, -0.2) is 0 Å². The predicted molar refractivity (Wildman–Crippen MR) is 148 cm³/mol. The maximum absolute atomic E-state index is 13.6. The fraction of sp³-hybridized carbons (Fsp3) is 0.0714. The predicted octanol–water partition coefficient (Wildman–Crippen LogP) is 5.41. The molecule has 4 rings (SSSR count). The first-order valence-electron chi connectivity index (χ1n) is 10.9. The number of hydrogen-bond acceptors (Lipinski definition) is 6. The molecule has 0 aromatic heterocycles. The molecule has 0 amide bonds. The van der Waals surface area contributed by atoms with Crippen LogP contribution in [0.25, 0.3) is 0 Å². The van der Waals surface area contributed by atoms with Crippen molar-refractivity contribution in [2.75, 3.05) is 14.2 Å². The molecule has 0 unspecified atom stereocenters. The second kappa shape index (κ2) is 11.8. The van der Waals surface area contributed by atoms with Gasteiger partial charge in [0.15, 0.2) is 0 Å². The van der Waals surface area contributed by atoms with Crippen molar-refractivity contribution < 1.29 is 19.1 Å². The molecule has 0 aliphatic rings. The van der Waals surface area contributed by atoms with Gasteiger partial charge < -0.3 is 0 Å². The van der Waals surface area contributed by atoms with Gasteiger partial charge >= 0.3 is 216 Å². The second-order valence-electron chi connectivity index (χ2n) is 7.58. The molecule has 0 fully saturated rings. The average Bonchev–Trinajstić information content (AvgIpc) is 2.93. The van der Waals surface area contributed by atoms with E-state index >= 15 is 0 Å². The molecule has 4 aromatic rings. The molecule has 0 radical (unpaired) electrons. The Morgan fingerprint density at radius 2 is 0.886 bits per heavy atom. The fourth-order valence-electron chi connectivity index (χ4n) is 3.57. The molecular formula is C28H24O4S2Sn. The van der Waals surface area contributed by atoms with Crippen LogP contribution in [-0.4, -0.2) is 40.1 Å². The molecule has 0 bridgehead atoms. The van der Waals surface area contributed by atoms with Crippen LogP contribution in [0.2, 0.25) is 0 Å². The zero-order valence-electron chi connectivity index (χ0n) is 19.3. The van der Waals surface area contributed by atoms with Crippen LogP contribution in [0.5, 0.6) is 11.5 Å². The fourth-order valence-corrected chi connectivity index (χ4v) is 28.1. The summed E-state index contributed by atoms with van der Waals surface area (Å²) in [4.78, 5) is 27.3. The van der Waals surface area contributed by atoms with Crippen LogP contribution in [0.3, 0.4) is 0 Å². The van der Waals surface area contributed by atoms with Crippen LogP contribution in [-0.2, 0) is 0 Å². The normalized spacial score (nSPS) is 11.0. The van der Waals surface area contributed by atoms with Gasteiger partial charge in [-0.05, 0) is 0 Å². The summed E-state index contributed by atoms with van der Waals surface area (Å²) in [6, 6.07) is 34.2. The molecule has 0 heterocycles. The molecule has 0 N–H and O–H groups in total. The van der Waals surface area contributed by atoms with Gasteiger partial charge in [-0.2, -0.15) is 0 Å². The standard InChI is InChI=1S/2C8H8O2S.2C6H5.Sn/c2*1-10-7-4-2-6(3-5-7)8(9)11;2*1-2-4-6-5-3-1;/h2*2-5H,1H3,(H,9,11);2*1-5H;/q;;;;+2/p-2. The van der Waals surface area contributed by atoms with Crippen LogP contribution in [0, 0.1) is 0 Å². The van der Waals surface area contributed by atoms with Crippen LogP contribution in [0.15, 0.2) is 109 Å². The third-order valence-corrected chi connectivity index (χ3v) is 30.9. The molecule has 4 nitrogen and oxygen atoms in total. The number of hydrogen-bond donors (Lipinski definition) is 0. The van der Waals surface area contributed by atoms with Crippen molar-refractivity contribution in [1.29, 1.82) is 0 Å². The van der Waals surface area contributed by atoms with E-state index in [2.05, 4.69) is 0 Å². The summed E-state index contributed by atoms with van der Waals surface area (Å²) in [5.41, 5.74) is 1.17. The van der Waals surface area contributed by atoms with Crippen LogP contribution in [0.1, 0.15) is 20.7 Å². The Balaban J connectivity index is 1.79. The summed E-state index contributed by atoms with van der Waals surface area (Å²) in [5, 5.41) is -0.0996. The maximum atomic E-state index is 13.6. The number of methoxy groups -OCH3 is 2. The summed E-state index contributed by atoms with van der Waals surface area (Å²) >= 11 is -4.04. The molecule has 4 aromatic carbocycles. The number of benzene rings is 4. The summed E-state index contributed by atoms with van der Waals surface area (Å²) < 4.78 is 12.6. The summed E-state index contributed by atoms with van der Waals surface area (Å²) in [6.45, 7) is 0. The number of carbonyl (C=O) groups excluding carboxylic acids is 2. The zero-order valence-corrected chi connectivity index (χ0v) is 23.8. The van der Waals surface area contributed by atoms with E-state index in [1.165, 1.54) is 17.9 Å². The molecule has 0 spiro atoms. The van der Waals surface area contributed by atoms with E-state index in [0.29, 0.717) is 22.6 Å². The average molecular weight is 607 g/mol. The van der Waals surface area contributed by atoms with E-state index in [1.54, 1.807) is 62.8 Å². The van der Waals surface area contributed by atoms with Gasteiger partial charge in [0.1, 0.15) is 0 Å². The number of ether oxygens (including phenoxy) is 2. The Morgan fingerprint density at radius 1 is 0.543 bits per heavy atom. The quantitative estimate of drug-likeness (QED) is 0.250. The molecule has 35 heavy (non-hydrogen) atoms. The molecule has 0 atom stereocenters. The molecule has 0 saturated heterocycles. The van der Waals surface area contributed by atoms with Crippen LogP contribution < -0.4 is 16.6 Å². The molecular weight excluding hydrogens is 583 g/mol. The Kier molecular flexibility index (Phi) is 8.59. The zero-order chi connectivity index (χ0) is 24.7. The molecule has 0 aliphatic carbocycles. The van der Waals surface area contributed by atoms with Crippen molar-refractivity contribution in [2.24, 2.45) is 0 Å². The first-order chi connectivity index (χ1) is 17.1. The number of rotatable bonds is 8. The van der Waals surface area contributed by atoms with Crippen molar-refractivity contribution in [3.05, 3.63) is 120 Å². The summed E-state index contributed by atoms with van der Waals surface area (Å²) in [7, 11) is 5.88. The third kappa shape index (κ3) is 5.94. The Morgan fingerprint density at radius 3 is 1.20 bits per heavy atom. The van der Waals surface area contributed by atoms with E-state index in [1.807, 2.05) is 60.7 Å². The van der Waals surface area contributed by atoms with E-state index in [0.717, 1.165) is 7.16 Å². The van der Waals surface area contributed by atoms with Gasteiger partial charge in [0.25, 0.3) is 0 Å². The van der Waals surface area contributed by atoms with Crippen molar-refractivity contribution in [2.45, 2.75) is 0 Å². The van der Waals surface area contributed by atoms with E-state index in [9.17, 15) is 9.59 Å². The monoisotopic (exact) mass is 608 g/mol. The minimum absolute atomic E-state index is 0.0498. The number of carbonyl (C=O) groups is 2. The van der Waals surface area contributed by atoms with Crippen molar-refractivity contribution >= 4 is 50.9 Å². The molecule has 0 aliphatic heterocycles. The Bertz CT molecular complexity index is 1180. The molecule has 176 valence electrons. The van der Waals surface area contributed by atoms with Gasteiger partial charge in [-0.15, -0.1) is 0 Å². The SMILES string of the molecule is COc1ccc(C(=O)[S][Sn]([S]C(=O)c2ccc(OC)cc2)([c]2ccccc2)[c]2ccccc2)cc1. The Hall–Kier alpha value is -2.68.